The summed E-state index contributed by atoms with van der Waals surface area (Å²) >= 11 is 0. The van der Waals surface area contributed by atoms with E-state index in [9.17, 15) is 14.7 Å². The number of nitrogens with two attached hydrogens (primary N) is 1. The van der Waals surface area contributed by atoms with Crippen LogP contribution in [0.15, 0.2) is 53.3 Å². The number of hydrogen-bond donors (Lipinski definition) is 4. The molecule has 0 atom stereocenters. The highest BCUT2D eigenvalue weighted by Gasteiger charge is 2.10. The van der Waals surface area contributed by atoms with Crippen molar-refractivity contribution in [3.63, 3.8) is 0 Å². The Morgan fingerprint density at radius 3 is 2.64 bits per heavy atom. The van der Waals surface area contributed by atoms with Gasteiger partial charge in [0.1, 0.15) is 11.6 Å². The number of carbonyl (C=O) groups is 1. The third-order valence-electron chi connectivity index (χ3n) is 3.33. The summed E-state index contributed by atoms with van der Waals surface area (Å²) in [6.45, 7) is 0. The zero-order chi connectivity index (χ0) is 15.7. The molecule has 5 N–H and O–H groups in total. The molecule has 0 saturated heterocycles. The molecule has 6 nitrogen and oxygen atoms in total. The Kier molecular flexibility index (Phi) is 3.27. The fourth-order valence-corrected chi connectivity index (χ4v) is 2.29. The highest BCUT2D eigenvalue weighted by molar-refractivity contribution is 5.99. The summed E-state index contributed by atoms with van der Waals surface area (Å²) in [4.78, 5) is 26.1. The second-order valence-electron chi connectivity index (χ2n) is 4.79. The van der Waals surface area contributed by atoms with Gasteiger partial charge < -0.3 is 21.1 Å². The van der Waals surface area contributed by atoms with Crippen molar-refractivity contribution in [2.75, 3.05) is 5.32 Å². The number of anilines is 2. The molecule has 2 aromatic carbocycles. The van der Waals surface area contributed by atoms with E-state index >= 15 is 0 Å². The van der Waals surface area contributed by atoms with Crippen molar-refractivity contribution in [3.05, 3.63) is 64.4 Å². The van der Waals surface area contributed by atoms with Crippen molar-refractivity contribution < 1.29 is 9.90 Å². The van der Waals surface area contributed by atoms with Gasteiger partial charge in [-0.1, -0.05) is 18.2 Å². The van der Waals surface area contributed by atoms with Crippen molar-refractivity contribution >= 4 is 28.2 Å². The average Bonchev–Trinajstić information content (AvgIpc) is 2.49. The van der Waals surface area contributed by atoms with Crippen LogP contribution in [-0.4, -0.2) is 16.0 Å². The highest BCUT2D eigenvalue weighted by atomic mass is 16.3. The number of primary amides is 1. The molecule has 1 heterocycles. The number of rotatable bonds is 3. The van der Waals surface area contributed by atoms with E-state index in [1.807, 2.05) is 0 Å². The summed E-state index contributed by atoms with van der Waals surface area (Å²) in [5.74, 6) is -0.211. The number of carbonyl (C=O) groups excluding carboxylic acids is 1. The second-order valence-corrected chi connectivity index (χ2v) is 4.79. The van der Waals surface area contributed by atoms with Crippen LogP contribution in [0, 0.1) is 0 Å². The Bertz CT molecular complexity index is 931. The van der Waals surface area contributed by atoms with Gasteiger partial charge in [-0.15, -0.1) is 0 Å². The number of hydrogen-bond acceptors (Lipinski definition) is 4. The lowest BCUT2D eigenvalue weighted by atomic mass is 10.1. The molecule has 0 spiro atoms. The third-order valence-corrected chi connectivity index (χ3v) is 3.33. The topological polar surface area (TPSA) is 108 Å². The summed E-state index contributed by atoms with van der Waals surface area (Å²) < 4.78 is 0. The monoisotopic (exact) mass is 295 g/mol. The van der Waals surface area contributed by atoms with Gasteiger partial charge in [-0.25, -0.2) is 0 Å². The maximum atomic E-state index is 12.1. The number of amides is 1. The van der Waals surface area contributed by atoms with Crippen molar-refractivity contribution in [2.24, 2.45) is 5.73 Å². The molecule has 6 heteroatoms. The van der Waals surface area contributed by atoms with Crippen molar-refractivity contribution in [1.82, 2.24) is 4.98 Å². The largest absolute Gasteiger partial charge is 0.507 e. The van der Waals surface area contributed by atoms with Crippen molar-refractivity contribution in [3.8, 4) is 5.75 Å². The number of para-hydroxylation sites is 1. The lowest BCUT2D eigenvalue weighted by molar-refractivity contribution is 0.100. The summed E-state index contributed by atoms with van der Waals surface area (Å²) in [6.07, 6.45) is 0. The van der Waals surface area contributed by atoms with Crippen LogP contribution in [0.4, 0.5) is 11.5 Å². The number of aromatic hydroxyl groups is 1. The number of pyridine rings is 1. The smallest absolute Gasteiger partial charge is 0.257 e. The minimum atomic E-state index is -0.575. The first-order valence-electron chi connectivity index (χ1n) is 6.57. The molecule has 0 radical (unpaired) electrons. The lowest BCUT2D eigenvalue weighted by Gasteiger charge is -2.10. The van der Waals surface area contributed by atoms with Crippen molar-refractivity contribution in [2.45, 2.75) is 0 Å². The minimum absolute atomic E-state index is 0.00911. The van der Waals surface area contributed by atoms with Gasteiger partial charge in [0.25, 0.3) is 11.5 Å². The van der Waals surface area contributed by atoms with Gasteiger partial charge >= 0.3 is 0 Å². The molecule has 0 bridgehead atoms. The first-order chi connectivity index (χ1) is 10.6. The molecule has 0 saturated carbocycles. The van der Waals surface area contributed by atoms with Crippen LogP contribution in [0.5, 0.6) is 5.75 Å². The highest BCUT2D eigenvalue weighted by Crippen LogP contribution is 2.25. The average molecular weight is 295 g/mol. The Morgan fingerprint density at radius 1 is 1.09 bits per heavy atom. The standard InChI is InChI=1S/C16H13N3O3/c17-15(21)10-4-1-2-6-12(10)18-14-8-11-9(16(22)19-14)5-3-7-13(11)20/h1-8,20H,(H2,17,21)(H2,18,19,22). The number of nitrogens with one attached hydrogen (secondary N) is 2. The molecular weight excluding hydrogens is 282 g/mol. The van der Waals surface area contributed by atoms with E-state index in [1.165, 1.54) is 6.07 Å². The number of phenolic OH excluding ortho intramolecular Hbond substituents is 1. The van der Waals surface area contributed by atoms with E-state index < -0.39 is 5.91 Å². The van der Waals surface area contributed by atoms with Gasteiger partial charge in [0.2, 0.25) is 0 Å². The molecular formula is C16H13N3O3. The van der Waals surface area contributed by atoms with E-state index in [1.54, 1.807) is 42.5 Å². The third kappa shape index (κ3) is 2.37. The van der Waals surface area contributed by atoms with Crippen LogP contribution in [-0.2, 0) is 0 Å². The lowest BCUT2D eigenvalue weighted by Crippen LogP contribution is -2.14. The first-order valence-corrected chi connectivity index (χ1v) is 6.57. The summed E-state index contributed by atoms with van der Waals surface area (Å²) in [5, 5.41) is 13.6. The normalized spacial score (nSPS) is 10.5. The molecule has 110 valence electrons. The molecule has 3 aromatic rings. The Hall–Kier alpha value is -3.28. The van der Waals surface area contributed by atoms with Crippen molar-refractivity contribution in [1.29, 1.82) is 0 Å². The van der Waals surface area contributed by atoms with Gasteiger partial charge in [0.05, 0.1) is 16.6 Å². The van der Waals surface area contributed by atoms with Crippen LogP contribution in [0.1, 0.15) is 10.4 Å². The second kappa shape index (κ2) is 5.25. The molecule has 0 aliphatic rings. The maximum absolute atomic E-state index is 12.1. The molecule has 22 heavy (non-hydrogen) atoms. The number of H-pyrrole nitrogens is 1. The zero-order valence-corrected chi connectivity index (χ0v) is 11.5. The SMILES string of the molecule is NC(=O)c1ccccc1Nc1cc2c(O)cccc2c(=O)[nH]1. The minimum Gasteiger partial charge on any atom is -0.507 e. The van der Waals surface area contributed by atoms with Gasteiger partial charge in [-0.2, -0.15) is 0 Å². The number of aromatic amines is 1. The molecule has 3 rings (SSSR count). The predicted octanol–water partition coefficient (Wildman–Crippen LogP) is 2.08. The Balaban J connectivity index is 2.11. The fourth-order valence-electron chi connectivity index (χ4n) is 2.29. The van der Waals surface area contributed by atoms with Crippen LogP contribution < -0.4 is 16.6 Å². The summed E-state index contributed by atoms with van der Waals surface area (Å²) in [7, 11) is 0. The Morgan fingerprint density at radius 2 is 1.86 bits per heavy atom. The van der Waals surface area contributed by atoms with Gasteiger partial charge in [-0.05, 0) is 30.3 Å². The molecule has 0 aliphatic heterocycles. The van der Waals surface area contributed by atoms with E-state index in [0.29, 0.717) is 27.8 Å². The van der Waals surface area contributed by atoms with E-state index in [2.05, 4.69) is 10.3 Å². The van der Waals surface area contributed by atoms with Crippen LogP contribution in [0.25, 0.3) is 10.8 Å². The number of fused-ring (bicyclic) bond motifs is 1. The Labute approximate surface area is 125 Å². The predicted molar refractivity (Wildman–Crippen MR) is 84.5 cm³/mol. The quantitative estimate of drug-likeness (QED) is 0.593. The van der Waals surface area contributed by atoms with E-state index in [0.717, 1.165) is 0 Å². The fraction of sp³-hybridized carbons (Fsp3) is 0. The molecule has 0 unspecified atom stereocenters. The van der Waals surface area contributed by atoms with Gasteiger partial charge in [0, 0.05) is 5.39 Å². The molecule has 1 amide bonds. The first kappa shape index (κ1) is 13.7. The van der Waals surface area contributed by atoms with Crippen LogP contribution in [0.2, 0.25) is 0 Å². The van der Waals surface area contributed by atoms with E-state index in [4.69, 9.17) is 5.73 Å². The molecule has 1 aromatic heterocycles. The summed E-state index contributed by atoms with van der Waals surface area (Å²) in [5.41, 5.74) is 5.76. The van der Waals surface area contributed by atoms with Crippen LogP contribution in [0.3, 0.4) is 0 Å². The number of aromatic nitrogens is 1. The van der Waals surface area contributed by atoms with E-state index in [-0.39, 0.29) is 11.3 Å². The van der Waals surface area contributed by atoms with Gasteiger partial charge in [-0.3, -0.25) is 9.59 Å². The molecule has 0 aliphatic carbocycles. The van der Waals surface area contributed by atoms with Gasteiger partial charge in [0.15, 0.2) is 0 Å². The zero-order valence-electron chi connectivity index (χ0n) is 11.5. The molecule has 0 fully saturated rings. The maximum Gasteiger partial charge on any atom is 0.257 e. The summed E-state index contributed by atoms with van der Waals surface area (Å²) in [6, 6.07) is 13.0. The number of phenols is 1. The number of benzene rings is 2. The van der Waals surface area contributed by atoms with Crippen LogP contribution >= 0.6 is 0 Å².